The Balaban J connectivity index is 2.10. The molecule has 0 atom stereocenters. The highest BCUT2D eigenvalue weighted by Gasteiger charge is 2.20. The summed E-state index contributed by atoms with van der Waals surface area (Å²) in [6.07, 6.45) is 1.86. The first-order valence-electron chi connectivity index (χ1n) is 9.77. The van der Waals surface area contributed by atoms with Crippen molar-refractivity contribution in [1.29, 1.82) is 0 Å². The van der Waals surface area contributed by atoms with Gasteiger partial charge in [-0.15, -0.1) is 0 Å². The maximum Gasteiger partial charge on any atom is 0.220 e. The van der Waals surface area contributed by atoms with E-state index in [-0.39, 0.29) is 10.8 Å². The summed E-state index contributed by atoms with van der Waals surface area (Å²) in [5.41, 5.74) is 5.23. The Morgan fingerprint density at radius 3 is 2.04 bits per heavy atom. The maximum absolute atomic E-state index is 6.17. The van der Waals surface area contributed by atoms with Crippen LogP contribution in [0.5, 0.6) is 11.6 Å². The van der Waals surface area contributed by atoms with Crippen LogP contribution in [0, 0.1) is 6.92 Å². The highest BCUT2D eigenvalue weighted by Crippen LogP contribution is 2.33. The van der Waals surface area contributed by atoms with Crippen molar-refractivity contribution in [3.63, 3.8) is 0 Å². The Bertz CT molecular complexity index is 978. The van der Waals surface area contributed by atoms with Gasteiger partial charge in [0, 0.05) is 12.3 Å². The number of hydrogen-bond donors (Lipinski definition) is 0. The molecule has 0 saturated carbocycles. The number of rotatable bonds is 3. The fourth-order valence-electron chi connectivity index (χ4n) is 2.94. The second-order valence-electron chi connectivity index (χ2n) is 9.38. The van der Waals surface area contributed by atoms with Crippen LogP contribution in [0.4, 0.5) is 0 Å². The fraction of sp³-hybridized carbons (Fsp3) is 0.360. The summed E-state index contributed by atoms with van der Waals surface area (Å²) in [6, 6.07) is 16.4. The number of aryl methyl sites for hydroxylation is 1. The SMILES string of the molecule is Cc1ccccc1Oc1cc(C(C)(C)C)cc(-c2cc(C(C)(C)C)ccn2)n1. The molecule has 0 aliphatic heterocycles. The standard InChI is InChI=1S/C25H30N2O/c1-17-10-8-9-11-22(17)28-23-16-19(25(5,6)7)15-21(27-23)20-14-18(12-13-26-20)24(2,3)4/h8-16H,1-7H3. The number of hydrogen-bond acceptors (Lipinski definition) is 3. The van der Waals surface area contributed by atoms with Crippen LogP contribution < -0.4 is 4.74 Å². The molecule has 0 bridgehead atoms. The van der Waals surface area contributed by atoms with Crippen molar-refractivity contribution in [2.45, 2.75) is 59.3 Å². The van der Waals surface area contributed by atoms with Gasteiger partial charge in [-0.3, -0.25) is 4.98 Å². The molecule has 0 aliphatic carbocycles. The number of benzene rings is 1. The number of aromatic nitrogens is 2. The van der Waals surface area contributed by atoms with Crippen LogP contribution >= 0.6 is 0 Å². The monoisotopic (exact) mass is 374 g/mol. The average molecular weight is 375 g/mol. The lowest BCUT2D eigenvalue weighted by Gasteiger charge is -2.22. The lowest BCUT2D eigenvalue weighted by molar-refractivity contribution is 0.456. The first-order chi connectivity index (χ1) is 13.0. The molecule has 0 spiro atoms. The van der Waals surface area contributed by atoms with Crippen LogP contribution in [0.2, 0.25) is 0 Å². The van der Waals surface area contributed by atoms with Crippen molar-refractivity contribution < 1.29 is 4.74 Å². The van der Waals surface area contributed by atoms with Crippen molar-refractivity contribution in [1.82, 2.24) is 9.97 Å². The summed E-state index contributed by atoms with van der Waals surface area (Å²) in [4.78, 5) is 9.39. The van der Waals surface area contributed by atoms with Gasteiger partial charge in [0.15, 0.2) is 0 Å². The highest BCUT2D eigenvalue weighted by molar-refractivity contribution is 5.58. The minimum atomic E-state index is -0.0246. The zero-order valence-corrected chi connectivity index (χ0v) is 18.0. The van der Waals surface area contributed by atoms with Crippen LogP contribution in [0.3, 0.4) is 0 Å². The Hall–Kier alpha value is -2.68. The number of nitrogens with zero attached hydrogens (tertiary/aromatic N) is 2. The van der Waals surface area contributed by atoms with E-state index in [0.717, 1.165) is 22.7 Å². The normalized spacial score (nSPS) is 12.1. The van der Waals surface area contributed by atoms with Gasteiger partial charge in [0.2, 0.25) is 5.88 Å². The van der Waals surface area contributed by atoms with Gasteiger partial charge in [0.25, 0.3) is 0 Å². The third kappa shape index (κ3) is 4.59. The van der Waals surface area contributed by atoms with E-state index in [1.807, 2.05) is 43.5 Å². The molecule has 0 unspecified atom stereocenters. The molecule has 0 radical (unpaired) electrons. The zero-order chi connectivity index (χ0) is 20.5. The van der Waals surface area contributed by atoms with E-state index in [9.17, 15) is 0 Å². The second kappa shape index (κ2) is 7.38. The summed E-state index contributed by atoms with van der Waals surface area (Å²) in [5, 5.41) is 0. The van der Waals surface area contributed by atoms with Crippen LogP contribution in [-0.4, -0.2) is 9.97 Å². The minimum Gasteiger partial charge on any atom is -0.439 e. The van der Waals surface area contributed by atoms with Crippen LogP contribution in [0.25, 0.3) is 11.4 Å². The van der Waals surface area contributed by atoms with E-state index in [0.29, 0.717) is 5.88 Å². The summed E-state index contributed by atoms with van der Waals surface area (Å²) in [5.74, 6) is 1.42. The molecule has 28 heavy (non-hydrogen) atoms. The largest absolute Gasteiger partial charge is 0.439 e. The van der Waals surface area contributed by atoms with Gasteiger partial charge in [0.05, 0.1) is 11.4 Å². The van der Waals surface area contributed by atoms with Gasteiger partial charge in [-0.25, -0.2) is 4.98 Å². The first kappa shape index (κ1) is 20.1. The van der Waals surface area contributed by atoms with Gasteiger partial charge < -0.3 is 4.74 Å². The lowest BCUT2D eigenvalue weighted by Crippen LogP contribution is -2.13. The van der Waals surface area contributed by atoms with E-state index < -0.39 is 0 Å². The van der Waals surface area contributed by atoms with Gasteiger partial charge in [-0.05, 0) is 58.7 Å². The topological polar surface area (TPSA) is 35.0 Å². The molecule has 2 aromatic heterocycles. The summed E-state index contributed by atoms with van der Waals surface area (Å²) in [7, 11) is 0. The molecule has 1 aromatic carbocycles. The molecule has 0 N–H and O–H groups in total. The number of pyridine rings is 2. The molecule has 3 rings (SSSR count). The second-order valence-corrected chi connectivity index (χ2v) is 9.38. The third-order valence-corrected chi connectivity index (χ3v) is 4.86. The van der Waals surface area contributed by atoms with Crippen LogP contribution in [-0.2, 0) is 10.8 Å². The smallest absolute Gasteiger partial charge is 0.220 e. The van der Waals surface area contributed by atoms with E-state index >= 15 is 0 Å². The fourth-order valence-corrected chi connectivity index (χ4v) is 2.94. The summed E-state index contributed by atoms with van der Waals surface area (Å²) < 4.78 is 6.17. The molecule has 0 saturated heterocycles. The zero-order valence-electron chi connectivity index (χ0n) is 18.0. The maximum atomic E-state index is 6.17. The van der Waals surface area contributed by atoms with Crippen LogP contribution in [0.1, 0.15) is 58.2 Å². The molecular formula is C25H30N2O. The molecule has 0 fully saturated rings. The molecule has 3 nitrogen and oxygen atoms in total. The van der Waals surface area contributed by atoms with Crippen LogP contribution in [0.15, 0.2) is 54.7 Å². The van der Waals surface area contributed by atoms with Crippen molar-refractivity contribution in [3.05, 3.63) is 71.4 Å². The number of para-hydroxylation sites is 1. The Labute approximate surface area is 168 Å². The van der Waals surface area contributed by atoms with Gasteiger partial charge >= 0.3 is 0 Å². The minimum absolute atomic E-state index is 0.0246. The van der Waals surface area contributed by atoms with Gasteiger partial charge in [-0.2, -0.15) is 0 Å². The van der Waals surface area contributed by atoms with Crippen molar-refractivity contribution in [2.75, 3.05) is 0 Å². The Morgan fingerprint density at radius 2 is 1.39 bits per heavy atom. The molecular weight excluding hydrogens is 344 g/mol. The average Bonchev–Trinajstić information content (AvgIpc) is 2.62. The molecule has 2 heterocycles. The molecule has 3 heteroatoms. The third-order valence-electron chi connectivity index (χ3n) is 4.86. The summed E-state index contributed by atoms with van der Waals surface area (Å²) in [6.45, 7) is 15.2. The molecule has 146 valence electrons. The van der Waals surface area contributed by atoms with E-state index in [1.54, 1.807) is 0 Å². The number of ether oxygens (including phenoxy) is 1. The van der Waals surface area contributed by atoms with E-state index in [1.165, 1.54) is 11.1 Å². The molecule has 0 amide bonds. The first-order valence-corrected chi connectivity index (χ1v) is 9.77. The highest BCUT2D eigenvalue weighted by atomic mass is 16.5. The predicted molar refractivity (Wildman–Crippen MR) is 116 cm³/mol. The predicted octanol–water partition coefficient (Wildman–Crippen LogP) is 6.84. The van der Waals surface area contributed by atoms with E-state index in [2.05, 4.69) is 64.7 Å². The van der Waals surface area contributed by atoms with Crippen molar-refractivity contribution in [2.24, 2.45) is 0 Å². The quantitative estimate of drug-likeness (QED) is 0.503. The Morgan fingerprint density at radius 1 is 0.750 bits per heavy atom. The Kier molecular flexibility index (Phi) is 5.29. The lowest BCUT2D eigenvalue weighted by atomic mass is 9.86. The van der Waals surface area contributed by atoms with Crippen molar-refractivity contribution in [3.8, 4) is 23.0 Å². The van der Waals surface area contributed by atoms with Gasteiger partial charge in [-0.1, -0.05) is 59.7 Å². The van der Waals surface area contributed by atoms with E-state index in [4.69, 9.17) is 9.72 Å². The molecule has 0 aliphatic rings. The van der Waals surface area contributed by atoms with Gasteiger partial charge in [0.1, 0.15) is 5.75 Å². The van der Waals surface area contributed by atoms with Crippen molar-refractivity contribution >= 4 is 0 Å². The molecule has 3 aromatic rings. The summed E-state index contributed by atoms with van der Waals surface area (Å²) >= 11 is 0.